The number of unbranched alkanes of at least 4 members (excludes halogenated alkanes) is 4. The Morgan fingerprint density at radius 2 is 1.50 bits per heavy atom. The summed E-state index contributed by atoms with van der Waals surface area (Å²) in [6, 6.07) is 0. The maximum atomic E-state index is 11.9. The third-order valence-electron chi connectivity index (χ3n) is 3.10. The average molecular weight is 227 g/mol. The molecular weight excluding hydrogens is 198 g/mol. The molecule has 0 radical (unpaired) electrons. The predicted molar refractivity (Wildman–Crippen MR) is 70.5 cm³/mol. The van der Waals surface area contributed by atoms with E-state index in [1.165, 1.54) is 38.5 Å². The van der Waals surface area contributed by atoms with Crippen molar-refractivity contribution in [2.75, 3.05) is 14.1 Å². The van der Waals surface area contributed by atoms with Crippen LogP contribution in [0.5, 0.6) is 0 Å². The van der Waals surface area contributed by atoms with Gasteiger partial charge < -0.3 is 4.90 Å². The minimum absolute atomic E-state index is 0.270. The van der Waals surface area contributed by atoms with E-state index < -0.39 is 0 Å². The van der Waals surface area contributed by atoms with Crippen LogP contribution < -0.4 is 0 Å². The zero-order valence-electron chi connectivity index (χ0n) is 11.6. The first kappa shape index (κ1) is 15.5. The second kappa shape index (κ2) is 9.68. The van der Waals surface area contributed by atoms with Gasteiger partial charge in [0.1, 0.15) is 0 Å². The third-order valence-corrected chi connectivity index (χ3v) is 3.10. The highest BCUT2D eigenvalue weighted by Crippen LogP contribution is 2.19. The fraction of sp³-hybridized carbons (Fsp3) is 0.929. The Hall–Kier alpha value is -0.530. The molecule has 0 rings (SSSR count). The van der Waals surface area contributed by atoms with E-state index in [-0.39, 0.29) is 5.92 Å². The first-order chi connectivity index (χ1) is 7.63. The second-order valence-corrected chi connectivity index (χ2v) is 4.92. The molecule has 0 aromatic rings. The number of rotatable bonds is 9. The molecule has 2 nitrogen and oxygen atoms in total. The van der Waals surface area contributed by atoms with E-state index in [4.69, 9.17) is 0 Å². The summed E-state index contributed by atoms with van der Waals surface area (Å²) in [5.41, 5.74) is 0. The van der Waals surface area contributed by atoms with Gasteiger partial charge in [-0.2, -0.15) is 0 Å². The molecular formula is C14H29NO. The highest BCUT2D eigenvalue weighted by atomic mass is 16.2. The zero-order valence-corrected chi connectivity index (χ0v) is 11.6. The standard InChI is InChI=1S/C14H29NO/c1-5-7-9-10-12-13(11-8-6-2)14(16)15(3)4/h13H,5-12H2,1-4H3. The summed E-state index contributed by atoms with van der Waals surface area (Å²) >= 11 is 0. The fourth-order valence-corrected chi connectivity index (χ4v) is 2.02. The van der Waals surface area contributed by atoms with Crippen molar-refractivity contribution >= 4 is 5.91 Å². The normalized spacial score (nSPS) is 12.5. The topological polar surface area (TPSA) is 20.3 Å². The molecule has 0 N–H and O–H groups in total. The van der Waals surface area contributed by atoms with Gasteiger partial charge in [0, 0.05) is 20.0 Å². The van der Waals surface area contributed by atoms with Gasteiger partial charge in [-0.1, -0.05) is 52.4 Å². The molecule has 2 heteroatoms. The van der Waals surface area contributed by atoms with Crippen LogP contribution in [0.15, 0.2) is 0 Å². The Bertz CT molecular complexity index is 178. The monoisotopic (exact) mass is 227 g/mol. The largest absolute Gasteiger partial charge is 0.349 e. The first-order valence-corrected chi connectivity index (χ1v) is 6.84. The maximum absolute atomic E-state index is 11.9. The van der Waals surface area contributed by atoms with Gasteiger partial charge >= 0.3 is 0 Å². The molecule has 0 aliphatic carbocycles. The lowest BCUT2D eigenvalue weighted by molar-refractivity contribution is -0.133. The van der Waals surface area contributed by atoms with Crippen molar-refractivity contribution in [2.45, 2.75) is 65.2 Å². The smallest absolute Gasteiger partial charge is 0.225 e. The maximum Gasteiger partial charge on any atom is 0.225 e. The number of carbonyl (C=O) groups excluding carboxylic acids is 1. The summed E-state index contributed by atoms with van der Waals surface area (Å²) in [5, 5.41) is 0. The Morgan fingerprint density at radius 1 is 0.938 bits per heavy atom. The van der Waals surface area contributed by atoms with Gasteiger partial charge in [0.2, 0.25) is 5.91 Å². The Morgan fingerprint density at radius 3 is 2.00 bits per heavy atom. The number of amides is 1. The van der Waals surface area contributed by atoms with Gasteiger partial charge in [-0.25, -0.2) is 0 Å². The summed E-state index contributed by atoms with van der Waals surface area (Å²) < 4.78 is 0. The Balaban J connectivity index is 3.95. The molecule has 0 aliphatic rings. The fourth-order valence-electron chi connectivity index (χ4n) is 2.02. The van der Waals surface area contributed by atoms with E-state index in [9.17, 15) is 4.79 Å². The molecule has 0 aromatic heterocycles. The first-order valence-electron chi connectivity index (χ1n) is 6.84. The highest BCUT2D eigenvalue weighted by Gasteiger charge is 2.18. The molecule has 0 fully saturated rings. The van der Waals surface area contributed by atoms with Gasteiger partial charge in [0.15, 0.2) is 0 Å². The quantitative estimate of drug-likeness (QED) is 0.548. The Kier molecular flexibility index (Phi) is 9.36. The van der Waals surface area contributed by atoms with E-state index in [2.05, 4.69) is 13.8 Å². The molecule has 1 atom stereocenters. The summed E-state index contributed by atoms with van der Waals surface area (Å²) in [4.78, 5) is 13.7. The van der Waals surface area contributed by atoms with E-state index >= 15 is 0 Å². The molecule has 0 aliphatic heterocycles. The average Bonchev–Trinajstić information content (AvgIpc) is 2.27. The molecule has 0 spiro atoms. The number of carbonyl (C=O) groups is 1. The van der Waals surface area contributed by atoms with E-state index in [1.807, 2.05) is 14.1 Å². The molecule has 0 heterocycles. The number of hydrogen-bond acceptors (Lipinski definition) is 1. The summed E-state index contributed by atoms with van der Waals surface area (Å²) in [5.74, 6) is 0.594. The van der Waals surface area contributed by atoms with Crippen LogP contribution in [0.25, 0.3) is 0 Å². The minimum Gasteiger partial charge on any atom is -0.349 e. The van der Waals surface area contributed by atoms with Crippen LogP contribution in [0.1, 0.15) is 65.2 Å². The van der Waals surface area contributed by atoms with Crippen molar-refractivity contribution in [1.82, 2.24) is 4.90 Å². The van der Waals surface area contributed by atoms with Gasteiger partial charge in [-0.05, 0) is 12.8 Å². The van der Waals surface area contributed by atoms with Crippen LogP contribution in [0, 0.1) is 5.92 Å². The van der Waals surface area contributed by atoms with E-state index in [0.29, 0.717) is 5.91 Å². The number of hydrogen-bond donors (Lipinski definition) is 0. The van der Waals surface area contributed by atoms with Crippen LogP contribution in [0.4, 0.5) is 0 Å². The predicted octanol–water partition coefficient (Wildman–Crippen LogP) is 3.85. The highest BCUT2D eigenvalue weighted by molar-refractivity contribution is 5.78. The SMILES string of the molecule is CCCCCCC(CCCC)C(=O)N(C)C. The molecule has 96 valence electrons. The van der Waals surface area contributed by atoms with Crippen molar-refractivity contribution in [3.05, 3.63) is 0 Å². The third kappa shape index (κ3) is 6.86. The van der Waals surface area contributed by atoms with Crippen molar-refractivity contribution in [1.29, 1.82) is 0 Å². The van der Waals surface area contributed by atoms with Gasteiger partial charge in [0.25, 0.3) is 0 Å². The van der Waals surface area contributed by atoms with Gasteiger partial charge in [-0.3, -0.25) is 4.79 Å². The van der Waals surface area contributed by atoms with Crippen molar-refractivity contribution < 1.29 is 4.79 Å². The summed E-state index contributed by atoms with van der Waals surface area (Å²) in [6.45, 7) is 4.41. The van der Waals surface area contributed by atoms with Gasteiger partial charge in [-0.15, -0.1) is 0 Å². The molecule has 16 heavy (non-hydrogen) atoms. The lowest BCUT2D eigenvalue weighted by Crippen LogP contribution is -2.29. The van der Waals surface area contributed by atoms with Crippen LogP contribution in [0.3, 0.4) is 0 Å². The van der Waals surface area contributed by atoms with Crippen LogP contribution in [-0.2, 0) is 4.79 Å². The van der Waals surface area contributed by atoms with Crippen LogP contribution in [-0.4, -0.2) is 24.9 Å². The summed E-state index contributed by atoms with van der Waals surface area (Å²) in [6.07, 6.45) is 9.57. The van der Waals surface area contributed by atoms with Crippen molar-refractivity contribution in [3.8, 4) is 0 Å². The summed E-state index contributed by atoms with van der Waals surface area (Å²) in [7, 11) is 3.74. The second-order valence-electron chi connectivity index (χ2n) is 4.92. The number of nitrogens with zero attached hydrogens (tertiary/aromatic N) is 1. The van der Waals surface area contributed by atoms with Gasteiger partial charge in [0.05, 0.1) is 0 Å². The molecule has 1 unspecified atom stereocenters. The zero-order chi connectivity index (χ0) is 12.4. The van der Waals surface area contributed by atoms with E-state index in [1.54, 1.807) is 4.90 Å². The minimum atomic E-state index is 0.270. The Labute approximate surface area is 101 Å². The lowest BCUT2D eigenvalue weighted by atomic mass is 9.94. The van der Waals surface area contributed by atoms with Crippen molar-refractivity contribution in [3.63, 3.8) is 0 Å². The van der Waals surface area contributed by atoms with Crippen LogP contribution >= 0.6 is 0 Å². The van der Waals surface area contributed by atoms with E-state index in [0.717, 1.165) is 12.8 Å². The molecule has 0 saturated heterocycles. The molecule has 0 bridgehead atoms. The molecule has 1 amide bonds. The molecule has 0 aromatic carbocycles. The van der Waals surface area contributed by atoms with Crippen LogP contribution in [0.2, 0.25) is 0 Å². The van der Waals surface area contributed by atoms with Crippen molar-refractivity contribution in [2.24, 2.45) is 5.92 Å². The molecule has 0 saturated carbocycles. The lowest BCUT2D eigenvalue weighted by Gasteiger charge is -2.20.